The third-order valence-electron chi connectivity index (χ3n) is 3.66. The maximum absolute atomic E-state index is 12.1. The standard InChI is InChI=1S/C14H17NO4/c1-8-2-4-9(5-3-8)14(17)15-10-6-18-13-11(16)7-19-12(10)13/h2-5,10-13,16H,6-7H2,1H3,(H,15,17)/t10-,11-,12-,13+/m1/s1. The van der Waals surface area contributed by atoms with Crippen molar-refractivity contribution >= 4 is 5.91 Å². The summed E-state index contributed by atoms with van der Waals surface area (Å²) in [6, 6.07) is 7.19. The molecule has 2 fully saturated rings. The van der Waals surface area contributed by atoms with Crippen LogP contribution in [-0.2, 0) is 9.47 Å². The van der Waals surface area contributed by atoms with Crippen molar-refractivity contribution in [2.45, 2.75) is 31.3 Å². The second-order valence-electron chi connectivity index (χ2n) is 5.11. The summed E-state index contributed by atoms with van der Waals surface area (Å²) in [6.07, 6.45) is -1.15. The number of benzene rings is 1. The number of aliphatic hydroxyl groups is 1. The van der Waals surface area contributed by atoms with E-state index in [0.29, 0.717) is 12.2 Å². The summed E-state index contributed by atoms with van der Waals surface area (Å²) in [5.41, 5.74) is 1.73. The lowest BCUT2D eigenvalue weighted by Gasteiger charge is -2.17. The van der Waals surface area contributed by atoms with Crippen LogP contribution in [0.15, 0.2) is 24.3 Å². The van der Waals surface area contributed by atoms with Gasteiger partial charge in [-0.1, -0.05) is 17.7 Å². The Morgan fingerprint density at radius 1 is 1.21 bits per heavy atom. The zero-order chi connectivity index (χ0) is 13.4. The Kier molecular flexibility index (Phi) is 3.26. The minimum atomic E-state index is -0.591. The maximum atomic E-state index is 12.1. The van der Waals surface area contributed by atoms with Gasteiger partial charge in [0.15, 0.2) is 0 Å². The fourth-order valence-electron chi connectivity index (χ4n) is 2.56. The number of nitrogens with one attached hydrogen (secondary N) is 1. The van der Waals surface area contributed by atoms with Gasteiger partial charge < -0.3 is 19.9 Å². The molecule has 0 spiro atoms. The van der Waals surface area contributed by atoms with Gasteiger partial charge in [0.1, 0.15) is 18.3 Å². The summed E-state index contributed by atoms with van der Waals surface area (Å²) in [5.74, 6) is -0.140. The fourth-order valence-corrected chi connectivity index (χ4v) is 2.56. The average Bonchev–Trinajstić information content (AvgIpc) is 2.95. The molecule has 2 N–H and O–H groups in total. The Bertz CT molecular complexity index is 473. The summed E-state index contributed by atoms with van der Waals surface area (Å²) < 4.78 is 10.9. The molecule has 2 aliphatic heterocycles. The lowest BCUT2D eigenvalue weighted by Crippen LogP contribution is -2.44. The monoisotopic (exact) mass is 263 g/mol. The molecule has 0 unspecified atom stereocenters. The van der Waals surface area contributed by atoms with Crippen LogP contribution in [0.1, 0.15) is 15.9 Å². The molecule has 1 aromatic carbocycles. The maximum Gasteiger partial charge on any atom is 0.251 e. The van der Waals surface area contributed by atoms with Crippen molar-refractivity contribution in [3.63, 3.8) is 0 Å². The van der Waals surface area contributed by atoms with Crippen LogP contribution < -0.4 is 5.32 Å². The van der Waals surface area contributed by atoms with Crippen LogP contribution in [0, 0.1) is 6.92 Å². The highest BCUT2D eigenvalue weighted by molar-refractivity contribution is 5.94. The van der Waals surface area contributed by atoms with Gasteiger partial charge in [-0.05, 0) is 19.1 Å². The van der Waals surface area contributed by atoms with E-state index in [2.05, 4.69) is 5.32 Å². The average molecular weight is 263 g/mol. The Labute approximate surface area is 111 Å². The molecule has 4 atom stereocenters. The normalized spacial score (nSPS) is 33.2. The van der Waals surface area contributed by atoms with Crippen LogP contribution in [0.5, 0.6) is 0 Å². The van der Waals surface area contributed by atoms with Gasteiger partial charge in [-0.15, -0.1) is 0 Å². The van der Waals surface area contributed by atoms with Crippen LogP contribution in [0.4, 0.5) is 0 Å². The van der Waals surface area contributed by atoms with Crippen molar-refractivity contribution in [3.8, 4) is 0 Å². The van der Waals surface area contributed by atoms with Gasteiger partial charge in [-0.25, -0.2) is 0 Å². The minimum absolute atomic E-state index is 0.140. The van der Waals surface area contributed by atoms with E-state index in [1.54, 1.807) is 12.1 Å². The number of carbonyl (C=O) groups is 1. The first kappa shape index (κ1) is 12.6. The Hall–Kier alpha value is -1.43. The highest BCUT2D eigenvalue weighted by Crippen LogP contribution is 2.27. The van der Waals surface area contributed by atoms with Gasteiger partial charge in [0.2, 0.25) is 0 Å². The van der Waals surface area contributed by atoms with Crippen molar-refractivity contribution in [1.82, 2.24) is 5.32 Å². The zero-order valence-corrected chi connectivity index (χ0v) is 10.7. The van der Waals surface area contributed by atoms with E-state index in [0.717, 1.165) is 5.56 Å². The van der Waals surface area contributed by atoms with Crippen molar-refractivity contribution in [3.05, 3.63) is 35.4 Å². The first-order chi connectivity index (χ1) is 9.15. The first-order valence-corrected chi connectivity index (χ1v) is 6.44. The number of fused-ring (bicyclic) bond motifs is 1. The van der Waals surface area contributed by atoms with Gasteiger partial charge >= 0.3 is 0 Å². The topological polar surface area (TPSA) is 67.8 Å². The molecule has 5 nitrogen and oxygen atoms in total. The highest BCUT2D eigenvalue weighted by Gasteiger charge is 2.47. The van der Waals surface area contributed by atoms with Gasteiger partial charge in [0, 0.05) is 5.56 Å². The number of hydrogen-bond acceptors (Lipinski definition) is 4. The first-order valence-electron chi connectivity index (χ1n) is 6.44. The van der Waals surface area contributed by atoms with Crippen molar-refractivity contribution < 1.29 is 19.4 Å². The molecule has 0 aliphatic carbocycles. The number of rotatable bonds is 2. The number of hydrogen-bond donors (Lipinski definition) is 2. The SMILES string of the molecule is Cc1ccc(C(=O)N[C@@H]2CO[C@@H]3[C@@H]2OC[C@H]3O)cc1. The molecule has 1 aromatic rings. The van der Waals surface area contributed by atoms with Crippen LogP contribution in [0.2, 0.25) is 0 Å². The Balaban J connectivity index is 1.66. The van der Waals surface area contributed by atoms with E-state index < -0.39 is 6.10 Å². The molecule has 0 saturated carbocycles. The molecule has 0 bridgehead atoms. The van der Waals surface area contributed by atoms with E-state index in [1.165, 1.54) is 0 Å². The van der Waals surface area contributed by atoms with E-state index in [9.17, 15) is 9.90 Å². The van der Waals surface area contributed by atoms with Crippen molar-refractivity contribution in [2.75, 3.05) is 13.2 Å². The quantitative estimate of drug-likeness (QED) is 0.802. The van der Waals surface area contributed by atoms with Crippen LogP contribution >= 0.6 is 0 Å². The summed E-state index contributed by atoms with van der Waals surface area (Å²) in [5, 5.41) is 12.5. The lowest BCUT2D eigenvalue weighted by molar-refractivity contribution is 0.0178. The van der Waals surface area contributed by atoms with Crippen LogP contribution in [-0.4, -0.2) is 48.6 Å². The molecule has 0 aromatic heterocycles. The molecule has 102 valence electrons. The number of amides is 1. The molecule has 1 amide bonds. The van der Waals surface area contributed by atoms with Gasteiger partial charge in [0.05, 0.1) is 19.3 Å². The number of carbonyl (C=O) groups excluding carboxylic acids is 1. The van der Waals surface area contributed by atoms with E-state index >= 15 is 0 Å². The predicted octanol–water partition coefficient (Wildman–Crippen LogP) is 0.252. The lowest BCUT2D eigenvalue weighted by atomic mass is 10.1. The smallest absolute Gasteiger partial charge is 0.251 e. The van der Waals surface area contributed by atoms with Gasteiger partial charge in [0.25, 0.3) is 5.91 Å². The zero-order valence-electron chi connectivity index (χ0n) is 10.7. The van der Waals surface area contributed by atoms with Crippen LogP contribution in [0.3, 0.4) is 0 Å². The predicted molar refractivity (Wildman–Crippen MR) is 67.9 cm³/mol. The van der Waals surface area contributed by atoms with Gasteiger partial charge in [-0.3, -0.25) is 4.79 Å². The molecule has 2 saturated heterocycles. The molecule has 19 heavy (non-hydrogen) atoms. The highest BCUT2D eigenvalue weighted by atomic mass is 16.6. The van der Waals surface area contributed by atoms with Crippen LogP contribution in [0.25, 0.3) is 0 Å². The third kappa shape index (κ3) is 2.36. The fraction of sp³-hybridized carbons (Fsp3) is 0.500. The van der Waals surface area contributed by atoms with E-state index in [1.807, 2.05) is 19.1 Å². The molecule has 2 heterocycles. The molecule has 0 radical (unpaired) electrons. The second-order valence-corrected chi connectivity index (χ2v) is 5.11. The number of aryl methyl sites for hydroxylation is 1. The summed E-state index contributed by atoms with van der Waals surface area (Å²) >= 11 is 0. The molecular formula is C14H17NO4. The Morgan fingerprint density at radius 2 is 1.89 bits per heavy atom. The number of aliphatic hydroxyl groups excluding tert-OH is 1. The largest absolute Gasteiger partial charge is 0.388 e. The summed E-state index contributed by atoms with van der Waals surface area (Å²) in [6.45, 7) is 2.63. The van der Waals surface area contributed by atoms with Gasteiger partial charge in [-0.2, -0.15) is 0 Å². The second kappa shape index (κ2) is 4.92. The van der Waals surface area contributed by atoms with E-state index in [-0.39, 0.29) is 30.8 Å². The molecule has 3 rings (SSSR count). The van der Waals surface area contributed by atoms with E-state index in [4.69, 9.17) is 9.47 Å². The Morgan fingerprint density at radius 3 is 2.63 bits per heavy atom. The number of ether oxygens (including phenoxy) is 2. The summed E-state index contributed by atoms with van der Waals surface area (Å²) in [7, 11) is 0. The molecule has 2 aliphatic rings. The van der Waals surface area contributed by atoms with Crippen molar-refractivity contribution in [1.29, 1.82) is 0 Å². The molecular weight excluding hydrogens is 246 g/mol. The molecule has 5 heteroatoms. The van der Waals surface area contributed by atoms with Crippen molar-refractivity contribution in [2.24, 2.45) is 0 Å². The minimum Gasteiger partial charge on any atom is -0.388 e. The third-order valence-corrected chi connectivity index (χ3v) is 3.66. The summed E-state index contributed by atoms with van der Waals surface area (Å²) in [4.78, 5) is 12.1.